The lowest BCUT2D eigenvalue weighted by atomic mass is 9.93. The van der Waals surface area contributed by atoms with Gasteiger partial charge < -0.3 is 9.13 Å². The molecule has 0 spiro atoms. The van der Waals surface area contributed by atoms with Gasteiger partial charge in [-0.05, 0) is 137 Å². The summed E-state index contributed by atoms with van der Waals surface area (Å²) in [6.45, 7) is 0. The number of hydrogen-bond donors (Lipinski definition) is 0. The number of alkyl halides is 3. The van der Waals surface area contributed by atoms with Crippen molar-refractivity contribution in [3.05, 3.63) is 215 Å². The van der Waals surface area contributed by atoms with Crippen LogP contribution < -0.4 is 0 Å². The van der Waals surface area contributed by atoms with Gasteiger partial charge >= 0.3 is 6.18 Å². The van der Waals surface area contributed by atoms with Gasteiger partial charge in [0.05, 0.1) is 109 Å². The second-order valence-corrected chi connectivity index (χ2v) is 17.2. The smallest absolute Gasteiger partial charge is 0.309 e. The van der Waals surface area contributed by atoms with Crippen LogP contribution in [0.5, 0.6) is 0 Å². The molecule has 2 aromatic heterocycles. The van der Waals surface area contributed by atoms with E-state index in [2.05, 4.69) is 34.9 Å². The summed E-state index contributed by atoms with van der Waals surface area (Å²) in [6, 6.07) is 64.0. The van der Waals surface area contributed by atoms with Crippen LogP contribution in [0.3, 0.4) is 0 Å². The Labute approximate surface area is 409 Å². The number of aromatic nitrogens is 2. The summed E-state index contributed by atoms with van der Waals surface area (Å²) >= 11 is 0. The number of nitrogens with zero attached hydrogens (tertiary/aromatic N) is 8. The predicted octanol–water partition coefficient (Wildman–Crippen LogP) is 14.8. The summed E-state index contributed by atoms with van der Waals surface area (Å²) in [7, 11) is 0. The van der Waals surface area contributed by atoms with Crippen molar-refractivity contribution in [2.75, 3.05) is 0 Å². The molecule has 72 heavy (non-hydrogen) atoms. The molecular weight excluding hydrogens is 902 g/mol. The Kier molecular flexibility index (Phi) is 10.4. The summed E-state index contributed by atoms with van der Waals surface area (Å²) < 4.78 is 49.0. The molecule has 2 heterocycles. The number of para-hydroxylation sites is 2. The Morgan fingerprint density at radius 1 is 0.306 bits per heavy atom. The van der Waals surface area contributed by atoms with Crippen LogP contribution in [-0.4, -0.2) is 9.13 Å². The second kappa shape index (κ2) is 17.1. The Balaban J connectivity index is 1.21. The van der Waals surface area contributed by atoms with Gasteiger partial charge in [-0.3, -0.25) is 0 Å². The predicted molar refractivity (Wildman–Crippen MR) is 270 cm³/mol. The first-order chi connectivity index (χ1) is 35.0. The summed E-state index contributed by atoms with van der Waals surface area (Å²) in [5.41, 5.74) is 9.06. The zero-order chi connectivity index (χ0) is 49.8. The van der Waals surface area contributed by atoms with E-state index in [1.807, 2.05) is 102 Å². The number of halogens is 3. The molecule has 0 aliphatic rings. The standard InChI is InChI=1S/C61H29F3N8/c62-61(63,64)54-25-36(30-65)9-14-47(54)44-11-16-51(60(29-44)72-56-8-4-2-6-49(56)53-28-43(13-18-58(53)72)46-23-40(34-69)20-41(24-46)35-70)50-15-10-37(31-66)26-59(50)71-55-7-3-1-5-48(55)52-27-42(12-17-57(52)71)45-21-38(32-67)19-39(22-45)33-68/h1-29H. The minimum Gasteiger partial charge on any atom is -0.309 e. The third-order valence-corrected chi connectivity index (χ3v) is 13.1. The van der Waals surface area contributed by atoms with E-state index in [0.717, 1.165) is 55.3 Å². The van der Waals surface area contributed by atoms with Crippen molar-refractivity contribution < 1.29 is 13.2 Å². The highest BCUT2D eigenvalue weighted by Gasteiger charge is 2.34. The Bertz CT molecular complexity index is 4350. The van der Waals surface area contributed by atoms with E-state index >= 15 is 0 Å². The highest BCUT2D eigenvalue weighted by atomic mass is 19.4. The molecule has 0 aliphatic carbocycles. The zero-order valence-electron chi connectivity index (χ0n) is 37.5. The molecule has 0 saturated heterocycles. The van der Waals surface area contributed by atoms with Crippen molar-refractivity contribution in [1.29, 1.82) is 31.6 Å². The van der Waals surface area contributed by atoms with Gasteiger partial charge in [0, 0.05) is 32.7 Å². The number of rotatable bonds is 6. The highest BCUT2D eigenvalue weighted by molar-refractivity contribution is 6.13. The molecule has 0 atom stereocenters. The molecule has 0 radical (unpaired) electrons. The third kappa shape index (κ3) is 7.29. The van der Waals surface area contributed by atoms with Crippen LogP contribution in [0.4, 0.5) is 13.2 Å². The third-order valence-electron chi connectivity index (χ3n) is 13.1. The topological polar surface area (TPSA) is 153 Å². The maximum Gasteiger partial charge on any atom is 0.417 e. The number of fused-ring (bicyclic) bond motifs is 6. The normalized spacial score (nSPS) is 11.2. The van der Waals surface area contributed by atoms with Crippen LogP contribution in [-0.2, 0) is 6.18 Å². The molecule has 0 saturated carbocycles. The zero-order valence-corrected chi connectivity index (χ0v) is 37.5. The SMILES string of the molecule is N#Cc1cc(C#N)cc(-c2ccc3c(c2)c2ccccc2n3-c2cc(C#N)ccc2-c2ccc(-c3ccc(C#N)cc3C(F)(F)F)cc2-n2c3ccccc3c3cc(-c4cc(C#N)cc(C#N)c4)ccc32)c1. The van der Waals surface area contributed by atoms with Gasteiger partial charge in [0.2, 0.25) is 0 Å². The molecule has 0 amide bonds. The van der Waals surface area contributed by atoms with E-state index in [0.29, 0.717) is 67.0 Å². The van der Waals surface area contributed by atoms with E-state index in [9.17, 15) is 44.7 Å². The van der Waals surface area contributed by atoms with Crippen molar-refractivity contribution in [2.24, 2.45) is 0 Å². The van der Waals surface area contributed by atoms with Crippen LogP contribution in [0.2, 0.25) is 0 Å². The van der Waals surface area contributed by atoms with Gasteiger partial charge in [0.15, 0.2) is 0 Å². The average Bonchev–Trinajstić information content (AvgIpc) is 3.94. The molecule has 11 heteroatoms. The lowest BCUT2D eigenvalue weighted by Gasteiger charge is -2.21. The largest absolute Gasteiger partial charge is 0.417 e. The summed E-state index contributed by atoms with van der Waals surface area (Å²) in [5.74, 6) is 0. The minimum absolute atomic E-state index is 0.122. The molecule has 0 bridgehead atoms. The van der Waals surface area contributed by atoms with Crippen molar-refractivity contribution in [2.45, 2.75) is 6.18 Å². The highest BCUT2D eigenvalue weighted by Crippen LogP contribution is 2.45. The summed E-state index contributed by atoms with van der Waals surface area (Å²) in [4.78, 5) is 0. The van der Waals surface area contributed by atoms with Crippen LogP contribution in [0, 0.1) is 68.0 Å². The van der Waals surface area contributed by atoms with Crippen LogP contribution >= 0.6 is 0 Å². The Morgan fingerprint density at radius 2 is 0.694 bits per heavy atom. The molecule has 334 valence electrons. The maximum atomic E-state index is 15.0. The monoisotopic (exact) mass is 930 g/mol. The van der Waals surface area contributed by atoms with Gasteiger partial charge in [-0.15, -0.1) is 0 Å². The second-order valence-electron chi connectivity index (χ2n) is 17.2. The number of hydrogen-bond acceptors (Lipinski definition) is 6. The molecule has 9 aromatic carbocycles. The summed E-state index contributed by atoms with van der Waals surface area (Å²) in [5, 5.41) is 62.6. The quantitative estimate of drug-likeness (QED) is 0.162. The first-order valence-corrected chi connectivity index (χ1v) is 22.3. The number of nitriles is 6. The lowest BCUT2D eigenvalue weighted by Crippen LogP contribution is -2.08. The van der Waals surface area contributed by atoms with E-state index < -0.39 is 11.7 Å². The number of benzene rings is 9. The van der Waals surface area contributed by atoms with Crippen molar-refractivity contribution in [3.8, 4) is 92.3 Å². The molecule has 11 rings (SSSR count). The van der Waals surface area contributed by atoms with Gasteiger partial charge in [-0.25, -0.2) is 0 Å². The fourth-order valence-corrected chi connectivity index (χ4v) is 9.90. The first kappa shape index (κ1) is 43.9. The van der Waals surface area contributed by atoms with Gasteiger partial charge in [-0.2, -0.15) is 44.7 Å². The molecule has 0 fully saturated rings. The summed E-state index contributed by atoms with van der Waals surface area (Å²) in [6.07, 6.45) is -4.80. The average molecular weight is 931 g/mol. The van der Waals surface area contributed by atoms with E-state index in [1.54, 1.807) is 54.6 Å². The van der Waals surface area contributed by atoms with Gasteiger partial charge in [0.25, 0.3) is 0 Å². The maximum absolute atomic E-state index is 15.0. The molecular formula is C61H29F3N8. The van der Waals surface area contributed by atoms with E-state index in [4.69, 9.17) is 0 Å². The van der Waals surface area contributed by atoms with Gasteiger partial charge in [0.1, 0.15) is 0 Å². The molecule has 0 aliphatic heterocycles. The van der Waals surface area contributed by atoms with E-state index in [1.165, 1.54) is 24.3 Å². The Morgan fingerprint density at radius 3 is 1.15 bits per heavy atom. The first-order valence-electron chi connectivity index (χ1n) is 22.3. The van der Waals surface area contributed by atoms with Crippen molar-refractivity contribution in [1.82, 2.24) is 9.13 Å². The fraction of sp³-hybridized carbons (Fsp3) is 0.0164. The van der Waals surface area contributed by atoms with E-state index in [-0.39, 0.29) is 16.7 Å². The lowest BCUT2D eigenvalue weighted by molar-refractivity contribution is -0.137. The van der Waals surface area contributed by atoms with Crippen molar-refractivity contribution >= 4 is 43.6 Å². The van der Waals surface area contributed by atoms with Gasteiger partial charge in [-0.1, -0.05) is 72.8 Å². The molecule has 11 aromatic rings. The molecule has 8 nitrogen and oxygen atoms in total. The van der Waals surface area contributed by atoms with Crippen LogP contribution in [0.25, 0.3) is 99.5 Å². The Hall–Kier alpha value is -10.7. The van der Waals surface area contributed by atoms with Crippen molar-refractivity contribution in [3.63, 3.8) is 0 Å². The minimum atomic E-state index is -4.80. The van der Waals surface area contributed by atoms with Crippen LogP contribution in [0.1, 0.15) is 38.9 Å². The van der Waals surface area contributed by atoms with Crippen LogP contribution in [0.15, 0.2) is 176 Å². The fourth-order valence-electron chi connectivity index (χ4n) is 9.90. The molecule has 0 N–H and O–H groups in total. The molecule has 0 unspecified atom stereocenters.